The number of aryl methyl sites for hydroxylation is 1. The number of hydrogen-bond donors (Lipinski definition) is 0. The van der Waals surface area contributed by atoms with Crippen molar-refractivity contribution in [3.05, 3.63) is 101 Å². The van der Waals surface area contributed by atoms with Gasteiger partial charge in [0.2, 0.25) is 0 Å². The van der Waals surface area contributed by atoms with Gasteiger partial charge in [0.15, 0.2) is 0 Å². The van der Waals surface area contributed by atoms with Gasteiger partial charge in [-0.3, -0.25) is 0 Å². The predicted molar refractivity (Wildman–Crippen MR) is 115 cm³/mol. The maximum Gasteiger partial charge on any atom is 0.00878 e. The van der Waals surface area contributed by atoms with Crippen molar-refractivity contribution < 1.29 is 0 Å². The van der Waals surface area contributed by atoms with Crippen LogP contribution in [0.2, 0.25) is 0 Å². The largest absolute Gasteiger partial charge is 0.0622 e. The lowest BCUT2D eigenvalue weighted by Crippen LogP contribution is -2.13. The van der Waals surface area contributed by atoms with Crippen LogP contribution in [0.4, 0.5) is 0 Å². The second-order valence-electron chi connectivity index (χ2n) is 7.49. The Balaban J connectivity index is 1.84. The Labute approximate surface area is 159 Å². The van der Waals surface area contributed by atoms with Crippen LogP contribution in [0, 0.1) is 20.8 Å². The van der Waals surface area contributed by atoms with Gasteiger partial charge in [-0.15, -0.1) is 0 Å². The molecule has 1 aliphatic heterocycles. The number of benzene rings is 3. The fourth-order valence-corrected chi connectivity index (χ4v) is 8.12. The van der Waals surface area contributed by atoms with E-state index in [4.69, 9.17) is 0 Å². The first kappa shape index (κ1) is 17.5. The highest BCUT2D eigenvalue weighted by atomic mass is 31.1. The van der Waals surface area contributed by atoms with Crippen molar-refractivity contribution >= 4 is 13.2 Å². The SMILES string of the molecule is Cc1ccc(P2C(c3ccccc3)CCC2c2ccccc2)c(C)c1C. The van der Waals surface area contributed by atoms with Crippen LogP contribution in [-0.4, -0.2) is 0 Å². The van der Waals surface area contributed by atoms with E-state index in [1.54, 1.807) is 5.30 Å². The topological polar surface area (TPSA) is 0 Å². The minimum absolute atomic E-state index is 0.269. The van der Waals surface area contributed by atoms with Crippen LogP contribution < -0.4 is 5.30 Å². The molecule has 1 heterocycles. The Kier molecular flexibility index (Phi) is 4.96. The summed E-state index contributed by atoms with van der Waals surface area (Å²) in [5.74, 6) is 0. The summed E-state index contributed by atoms with van der Waals surface area (Å²) in [5, 5.41) is 1.61. The third kappa shape index (κ3) is 3.12. The smallest absolute Gasteiger partial charge is 0.00878 e. The van der Waals surface area contributed by atoms with E-state index in [9.17, 15) is 0 Å². The summed E-state index contributed by atoms with van der Waals surface area (Å²) >= 11 is 0. The molecule has 0 nitrogen and oxygen atoms in total. The molecule has 0 radical (unpaired) electrons. The third-order valence-electron chi connectivity index (χ3n) is 6.06. The maximum atomic E-state index is 2.43. The molecule has 3 aromatic rings. The summed E-state index contributed by atoms with van der Waals surface area (Å²) in [4.78, 5) is 0. The lowest BCUT2D eigenvalue weighted by Gasteiger charge is -2.29. The molecule has 0 aliphatic carbocycles. The molecule has 0 saturated carbocycles. The van der Waals surface area contributed by atoms with Crippen LogP contribution in [-0.2, 0) is 0 Å². The standard InChI is InChI=1S/C25H27P/c1-18-14-15-23(20(3)19(18)2)26-24(21-10-6-4-7-11-21)16-17-25(26)22-12-8-5-9-13-22/h4-15,24-25H,16-17H2,1-3H3. The van der Waals surface area contributed by atoms with E-state index in [-0.39, 0.29) is 7.92 Å². The van der Waals surface area contributed by atoms with Gasteiger partial charge in [-0.1, -0.05) is 80.7 Å². The molecule has 4 rings (SSSR count). The molecule has 2 unspecified atom stereocenters. The van der Waals surface area contributed by atoms with Crippen LogP contribution in [0.5, 0.6) is 0 Å². The molecule has 3 aromatic carbocycles. The molecule has 26 heavy (non-hydrogen) atoms. The summed E-state index contributed by atoms with van der Waals surface area (Å²) in [5.41, 5.74) is 8.77. The van der Waals surface area contributed by atoms with Gasteiger partial charge in [-0.25, -0.2) is 0 Å². The quantitative estimate of drug-likeness (QED) is 0.442. The molecule has 1 heteroatoms. The zero-order valence-electron chi connectivity index (χ0n) is 15.9. The van der Waals surface area contributed by atoms with Crippen molar-refractivity contribution in [3.8, 4) is 0 Å². The first-order valence-electron chi connectivity index (χ1n) is 9.62. The second kappa shape index (κ2) is 7.37. The molecular weight excluding hydrogens is 331 g/mol. The van der Waals surface area contributed by atoms with E-state index >= 15 is 0 Å². The van der Waals surface area contributed by atoms with E-state index in [0.29, 0.717) is 11.3 Å². The molecule has 0 bridgehead atoms. The minimum Gasteiger partial charge on any atom is -0.0622 e. The lowest BCUT2D eigenvalue weighted by atomic mass is 10.0. The molecule has 132 valence electrons. The summed E-state index contributed by atoms with van der Waals surface area (Å²) in [6.45, 7) is 6.86. The van der Waals surface area contributed by atoms with E-state index in [0.717, 1.165) is 0 Å². The van der Waals surface area contributed by atoms with E-state index < -0.39 is 0 Å². The lowest BCUT2D eigenvalue weighted by molar-refractivity contribution is 0.765. The Hall–Kier alpha value is -1.91. The zero-order chi connectivity index (χ0) is 18.1. The third-order valence-corrected chi connectivity index (χ3v) is 9.56. The monoisotopic (exact) mass is 358 g/mol. The van der Waals surface area contributed by atoms with Crippen molar-refractivity contribution in [2.75, 3.05) is 0 Å². The number of hydrogen-bond acceptors (Lipinski definition) is 0. The van der Waals surface area contributed by atoms with Gasteiger partial charge in [0.25, 0.3) is 0 Å². The normalized spacial score (nSPS) is 22.5. The molecule has 0 spiro atoms. The molecule has 1 saturated heterocycles. The molecule has 2 atom stereocenters. The Morgan fingerprint density at radius 1 is 0.615 bits per heavy atom. The maximum absolute atomic E-state index is 2.43. The number of rotatable bonds is 3. The van der Waals surface area contributed by atoms with E-state index in [2.05, 4.69) is 93.6 Å². The molecule has 1 aliphatic rings. The van der Waals surface area contributed by atoms with Crippen LogP contribution in [0.25, 0.3) is 0 Å². The highest BCUT2D eigenvalue weighted by Gasteiger charge is 2.39. The Bertz CT molecular complexity index is 835. The van der Waals surface area contributed by atoms with Gasteiger partial charge in [0.05, 0.1) is 0 Å². The van der Waals surface area contributed by atoms with E-state index in [1.807, 2.05) is 0 Å². The van der Waals surface area contributed by atoms with Gasteiger partial charge in [-0.2, -0.15) is 0 Å². The van der Waals surface area contributed by atoms with Gasteiger partial charge in [0.1, 0.15) is 0 Å². The summed E-state index contributed by atoms with van der Waals surface area (Å²) < 4.78 is 0. The highest BCUT2D eigenvalue weighted by Crippen LogP contribution is 2.69. The van der Waals surface area contributed by atoms with Gasteiger partial charge < -0.3 is 0 Å². The summed E-state index contributed by atoms with van der Waals surface area (Å²) in [6, 6.07) is 27.2. The first-order valence-corrected chi connectivity index (χ1v) is 11.1. The van der Waals surface area contributed by atoms with Crippen molar-refractivity contribution in [2.45, 2.75) is 44.9 Å². The summed E-state index contributed by atoms with van der Waals surface area (Å²) in [7, 11) is -0.269. The van der Waals surface area contributed by atoms with Crippen molar-refractivity contribution in [3.63, 3.8) is 0 Å². The van der Waals surface area contributed by atoms with E-state index in [1.165, 1.54) is 40.7 Å². The van der Waals surface area contributed by atoms with Crippen molar-refractivity contribution in [2.24, 2.45) is 0 Å². The zero-order valence-corrected chi connectivity index (χ0v) is 16.8. The van der Waals surface area contributed by atoms with Crippen LogP contribution in [0.1, 0.15) is 52.0 Å². The fourth-order valence-electron chi connectivity index (χ4n) is 4.37. The van der Waals surface area contributed by atoms with Crippen LogP contribution in [0.3, 0.4) is 0 Å². The fraction of sp³-hybridized carbons (Fsp3) is 0.280. The molecule has 0 amide bonds. The van der Waals surface area contributed by atoms with Crippen molar-refractivity contribution in [1.29, 1.82) is 0 Å². The second-order valence-corrected chi connectivity index (χ2v) is 10.0. The molecule has 1 fully saturated rings. The first-order chi connectivity index (χ1) is 12.7. The van der Waals surface area contributed by atoms with Gasteiger partial charge in [-0.05, 0) is 66.7 Å². The van der Waals surface area contributed by atoms with Crippen molar-refractivity contribution in [1.82, 2.24) is 0 Å². The average Bonchev–Trinajstić information content (AvgIpc) is 3.12. The highest BCUT2D eigenvalue weighted by molar-refractivity contribution is 7.66. The Morgan fingerprint density at radius 3 is 1.62 bits per heavy atom. The van der Waals surface area contributed by atoms with Gasteiger partial charge >= 0.3 is 0 Å². The Morgan fingerprint density at radius 2 is 1.12 bits per heavy atom. The predicted octanol–water partition coefficient (Wildman–Crippen LogP) is 7.00. The minimum atomic E-state index is -0.269. The van der Waals surface area contributed by atoms with Crippen LogP contribution >= 0.6 is 7.92 Å². The van der Waals surface area contributed by atoms with Crippen LogP contribution in [0.15, 0.2) is 72.8 Å². The summed E-state index contributed by atoms with van der Waals surface area (Å²) in [6.07, 6.45) is 2.59. The molecule has 0 N–H and O–H groups in total. The average molecular weight is 358 g/mol. The molecule has 0 aromatic heterocycles. The van der Waals surface area contributed by atoms with Gasteiger partial charge in [0, 0.05) is 11.3 Å². The molecular formula is C25H27P.